The molecule has 0 aliphatic carbocycles. The highest BCUT2D eigenvalue weighted by Crippen LogP contribution is 2.31. The van der Waals surface area contributed by atoms with Crippen molar-refractivity contribution in [3.05, 3.63) is 82.6 Å². The maximum absolute atomic E-state index is 13.1. The number of amides is 2. The number of halogens is 2. The minimum absolute atomic E-state index is 0.175. The van der Waals surface area contributed by atoms with Crippen LogP contribution in [-0.4, -0.2) is 43.6 Å². The molecule has 4 heterocycles. The number of rotatable bonds is 5. The van der Waals surface area contributed by atoms with Gasteiger partial charge in [-0.15, -0.1) is 0 Å². The van der Waals surface area contributed by atoms with Gasteiger partial charge in [-0.1, -0.05) is 6.07 Å². The number of carbonyl (C=O) groups excluding carboxylic acids is 1. The molecule has 8 nitrogen and oxygen atoms in total. The molecule has 1 aliphatic rings. The van der Waals surface area contributed by atoms with E-state index in [2.05, 4.69) is 36.6 Å². The number of anilines is 2. The van der Waals surface area contributed by atoms with E-state index in [-0.39, 0.29) is 17.8 Å². The quantitative estimate of drug-likeness (QED) is 0.382. The number of hydrogen-bond donors (Lipinski definition) is 2. The second kappa shape index (κ2) is 9.76. The number of pyridine rings is 1. The third-order valence-corrected chi connectivity index (χ3v) is 6.50. The Hall–Kier alpha value is -3.53. The van der Waals surface area contributed by atoms with E-state index in [0.717, 1.165) is 40.0 Å². The molecule has 5 rings (SSSR count). The monoisotopic (exact) mass is 523 g/mol. The van der Waals surface area contributed by atoms with E-state index < -0.39 is 0 Å². The number of nitrogens with zero attached hydrogens (tertiary/aromatic N) is 5. The SMILES string of the molecule is O=C(Nc1ccc(F)cc1)N1CCC(c2cc(NCc3cccnc3)n3ncc(Br)c3n2)CC1. The molecule has 1 aliphatic heterocycles. The fraction of sp³-hybridized carbons (Fsp3) is 0.250. The van der Waals surface area contributed by atoms with E-state index in [1.165, 1.54) is 12.1 Å². The van der Waals surface area contributed by atoms with Crippen molar-refractivity contribution < 1.29 is 9.18 Å². The highest BCUT2D eigenvalue weighted by molar-refractivity contribution is 9.10. The number of urea groups is 1. The normalized spacial score (nSPS) is 14.4. The summed E-state index contributed by atoms with van der Waals surface area (Å²) in [5.41, 5.74) is 3.37. The van der Waals surface area contributed by atoms with Gasteiger partial charge in [0.2, 0.25) is 0 Å². The molecule has 1 fully saturated rings. The van der Waals surface area contributed by atoms with Gasteiger partial charge in [-0.2, -0.15) is 9.61 Å². The summed E-state index contributed by atoms with van der Waals surface area (Å²) in [5.74, 6) is 0.744. The summed E-state index contributed by atoms with van der Waals surface area (Å²) in [6, 6.07) is 11.6. The summed E-state index contributed by atoms with van der Waals surface area (Å²) < 4.78 is 15.7. The maximum atomic E-state index is 13.1. The van der Waals surface area contributed by atoms with E-state index in [1.807, 2.05) is 24.4 Å². The average molecular weight is 524 g/mol. The molecule has 0 atom stereocenters. The molecule has 2 N–H and O–H groups in total. The zero-order valence-electron chi connectivity index (χ0n) is 18.3. The molecule has 3 aromatic heterocycles. The largest absolute Gasteiger partial charge is 0.366 e. The van der Waals surface area contributed by atoms with Crippen LogP contribution < -0.4 is 10.6 Å². The van der Waals surface area contributed by atoms with Crippen molar-refractivity contribution in [3.8, 4) is 0 Å². The van der Waals surface area contributed by atoms with Crippen LogP contribution in [0.3, 0.4) is 0 Å². The second-order valence-corrected chi connectivity index (χ2v) is 9.06. The molecule has 4 aromatic rings. The van der Waals surface area contributed by atoms with Crippen LogP contribution in [-0.2, 0) is 6.54 Å². The number of fused-ring (bicyclic) bond motifs is 1. The molecule has 34 heavy (non-hydrogen) atoms. The fourth-order valence-electron chi connectivity index (χ4n) is 4.10. The summed E-state index contributed by atoms with van der Waals surface area (Å²) >= 11 is 3.55. The van der Waals surface area contributed by atoms with Crippen LogP contribution >= 0.6 is 15.9 Å². The molecule has 1 aromatic carbocycles. The van der Waals surface area contributed by atoms with Crippen LogP contribution in [0.1, 0.15) is 30.0 Å². The molecule has 0 radical (unpaired) electrons. The lowest BCUT2D eigenvalue weighted by Gasteiger charge is -2.32. The zero-order valence-corrected chi connectivity index (χ0v) is 19.9. The van der Waals surface area contributed by atoms with E-state index >= 15 is 0 Å². The molecule has 1 saturated heterocycles. The Kier molecular flexibility index (Phi) is 6.39. The van der Waals surface area contributed by atoms with Gasteiger partial charge in [-0.05, 0) is 64.7 Å². The van der Waals surface area contributed by atoms with Crippen molar-refractivity contribution in [2.75, 3.05) is 23.7 Å². The van der Waals surface area contributed by atoms with E-state index in [1.54, 1.807) is 33.9 Å². The molecular formula is C24H23BrFN7O. The Morgan fingerprint density at radius 3 is 2.68 bits per heavy atom. The summed E-state index contributed by atoms with van der Waals surface area (Å²) in [4.78, 5) is 23.4. The first kappa shape index (κ1) is 22.3. The Morgan fingerprint density at radius 2 is 1.94 bits per heavy atom. The number of hydrogen-bond acceptors (Lipinski definition) is 5. The Bertz CT molecular complexity index is 1290. The minimum Gasteiger partial charge on any atom is -0.366 e. The fourth-order valence-corrected chi connectivity index (χ4v) is 4.45. The van der Waals surface area contributed by atoms with Gasteiger partial charge in [-0.25, -0.2) is 14.2 Å². The van der Waals surface area contributed by atoms with E-state index in [4.69, 9.17) is 4.98 Å². The van der Waals surface area contributed by atoms with Crippen LogP contribution in [0.15, 0.2) is 65.5 Å². The van der Waals surface area contributed by atoms with Crippen LogP contribution in [0.25, 0.3) is 5.65 Å². The van der Waals surface area contributed by atoms with Crippen LogP contribution in [0.5, 0.6) is 0 Å². The zero-order chi connectivity index (χ0) is 23.5. The maximum Gasteiger partial charge on any atom is 0.321 e. The lowest BCUT2D eigenvalue weighted by atomic mass is 9.93. The third-order valence-electron chi connectivity index (χ3n) is 5.94. The van der Waals surface area contributed by atoms with Crippen molar-refractivity contribution in [1.29, 1.82) is 0 Å². The number of nitrogens with one attached hydrogen (secondary N) is 2. The van der Waals surface area contributed by atoms with Gasteiger partial charge in [-0.3, -0.25) is 4.98 Å². The Balaban J connectivity index is 1.28. The highest BCUT2D eigenvalue weighted by Gasteiger charge is 2.26. The predicted octanol–water partition coefficient (Wildman–Crippen LogP) is 5.05. The summed E-state index contributed by atoms with van der Waals surface area (Å²) in [6.45, 7) is 1.85. The van der Waals surface area contributed by atoms with Gasteiger partial charge in [0.05, 0.1) is 10.7 Å². The molecule has 0 bridgehead atoms. The van der Waals surface area contributed by atoms with Crippen LogP contribution in [0.2, 0.25) is 0 Å². The average Bonchev–Trinajstić information content (AvgIpc) is 3.25. The van der Waals surface area contributed by atoms with Crippen molar-refractivity contribution in [2.24, 2.45) is 0 Å². The number of likely N-dealkylation sites (tertiary alicyclic amines) is 1. The van der Waals surface area contributed by atoms with E-state index in [9.17, 15) is 9.18 Å². The molecule has 0 unspecified atom stereocenters. The lowest BCUT2D eigenvalue weighted by molar-refractivity contribution is 0.194. The van der Waals surface area contributed by atoms with Gasteiger partial charge < -0.3 is 15.5 Å². The number of carbonyl (C=O) groups is 1. The van der Waals surface area contributed by atoms with Crippen molar-refractivity contribution >= 4 is 39.1 Å². The van der Waals surface area contributed by atoms with Gasteiger partial charge >= 0.3 is 6.03 Å². The van der Waals surface area contributed by atoms with Gasteiger partial charge in [0.15, 0.2) is 5.65 Å². The smallest absolute Gasteiger partial charge is 0.321 e. The third kappa shape index (κ3) is 4.86. The van der Waals surface area contributed by atoms with Crippen molar-refractivity contribution in [2.45, 2.75) is 25.3 Å². The predicted molar refractivity (Wildman–Crippen MR) is 131 cm³/mol. The number of piperidine rings is 1. The molecule has 10 heteroatoms. The molecule has 0 spiro atoms. The number of aromatic nitrogens is 4. The highest BCUT2D eigenvalue weighted by atomic mass is 79.9. The minimum atomic E-state index is -0.331. The first-order valence-electron chi connectivity index (χ1n) is 11.1. The molecule has 2 amide bonds. The first-order chi connectivity index (χ1) is 16.6. The summed E-state index contributed by atoms with van der Waals surface area (Å²) in [6.07, 6.45) is 6.92. The Morgan fingerprint density at radius 1 is 1.15 bits per heavy atom. The van der Waals surface area contributed by atoms with Crippen molar-refractivity contribution in [1.82, 2.24) is 24.5 Å². The van der Waals surface area contributed by atoms with Crippen LogP contribution in [0.4, 0.5) is 20.7 Å². The molecule has 174 valence electrons. The Labute approximate surface area is 204 Å². The number of benzene rings is 1. The van der Waals surface area contributed by atoms with Gasteiger partial charge in [0, 0.05) is 55.4 Å². The summed E-state index contributed by atoms with van der Waals surface area (Å²) in [7, 11) is 0. The standard InChI is InChI=1S/C24H23BrFN7O/c25-20-15-29-33-22(28-14-16-2-1-9-27-13-16)12-21(31-23(20)33)17-7-10-32(11-8-17)24(34)30-19-5-3-18(26)4-6-19/h1-6,9,12-13,15,17,28H,7-8,10-11,14H2,(H,30,34). The topological polar surface area (TPSA) is 87.5 Å². The van der Waals surface area contributed by atoms with Gasteiger partial charge in [0.25, 0.3) is 0 Å². The molecular weight excluding hydrogens is 501 g/mol. The summed E-state index contributed by atoms with van der Waals surface area (Å²) in [5, 5.41) is 10.7. The van der Waals surface area contributed by atoms with Crippen LogP contribution in [0, 0.1) is 5.82 Å². The second-order valence-electron chi connectivity index (χ2n) is 8.21. The lowest BCUT2D eigenvalue weighted by Crippen LogP contribution is -2.40. The first-order valence-corrected chi connectivity index (χ1v) is 11.8. The van der Waals surface area contributed by atoms with Gasteiger partial charge in [0.1, 0.15) is 11.6 Å². The van der Waals surface area contributed by atoms with Crippen molar-refractivity contribution in [3.63, 3.8) is 0 Å². The van der Waals surface area contributed by atoms with E-state index in [0.29, 0.717) is 25.3 Å². The molecule has 0 saturated carbocycles.